The number of aromatic nitrogens is 1. The molecule has 0 saturated heterocycles. The lowest BCUT2D eigenvalue weighted by atomic mass is 10.0. The topological polar surface area (TPSA) is 73.3 Å². The molecular weight excluding hydrogens is 481 g/mol. The number of ketones is 1. The summed E-state index contributed by atoms with van der Waals surface area (Å²) in [4.78, 5) is 17.3. The molecule has 0 unspecified atom stereocenters. The number of benzene rings is 2. The molecule has 33 heavy (non-hydrogen) atoms. The molecule has 0 N–H and O–H groups in total. The van der Waals surface area contributed by atoms with Gasteiger partial charge in [-0.05, 0) is 53.8 Å². The summed E-state index contributed by atoms with van der Waals surface area (Å²) < 4.78 is 29.2. The highest BCUT2D eigenvalue weighted by Crippen LogP contribution is 2.39. The summed E-state index contributed by atoms with van der Waals surface area (Å²) >= 11 is 12.9. The number of carbonyl (C=O) groups excluding carboxylic acids is 1. The number of carbonyl (C=O) groups is 1. The van der Waals surface area contributed by atoms with E-state index in [4.69, 9.17) is 27.9 Å². The highest BCUT2D eigenvalue weighted by atomic mass is 35.5. The molecule has 2 aromatic carbocycles. The Morgan fingerprint density at radius 1 is 1.06 bits per heavy atom. The fraction of sp³-hybridized carbons (Fsp3) is 0.280. The molecule has 0 aliphatic heterocycles. The number of nitrogens with zero attached hydrogens (tertiary/aromatic N) is 1. The molecule has 1 heterocycles. The van der Waals surface area contributed by atoms with E-state index in [1.165, 1.54) is 12.1 Å². The van der Waals surface area contributed by atoms with Gasteiger partial charge in [0.2, 0.25) is 0 Å². The van der Waals surface area contributed by atoms with Gasteiger partial charge in [0.1, 0.15) is 11.5 Å². The minimum atomic E-state index is -3.28. The summed E-state index contributed by atoms with van der Waals surface area (Å²) in [5.74, 6) is 1.00. The van der Waals surface area contributed by atoms with Gasteiger partial charge in [-0.2, -0.15) is 0 Å². The first-order valence-corrected chi connectivity index (χ1v) is 13.0. The SMILES string of the molecule is Cc1ncc(Oc2c(Cl)ccc(CC(=O)Cc3ccc(S(C)(=O)=O)cc3)c2Cl)cc1C(C)C. The maximum absolute atomic E-state index is 12.7. The van der Waals surface area contributed by atoms with Gasteiger partial charge in [0, 0.05) is 24.8 Å². The number of sulfone groups is 1. The van der Waals surface area contributed by atoms with Gasteiger partial charge in [0.15, 0.2) is 15.6 Å². The molecule has 0 aliphatic carbocycles. The van der Waals surface area contributed by atoms with E-state index in [-0.39, 0.29) is 40.2 Å². The minimum absolute atomic E-state index is 0.0728. The van der Waals surface area contributed by atoms with Crippen molar-refractivity contribution in [2.75, 3.05) is 6.26 Å². The molecule has 1 aromatic heterocycles. The van der Waals surface area contributed by atoms with Crippen LogP contribution >= 0.6 is 23.2 Å². The molecule has 3 aromatic rings. The van der Waals surface area contributed by atoms with Crippen molar-refractivity contribution in [3.8, 4) is 11.5 Å². The van der Waals surface area contributed by atoms with Gasteiger partial charge in [-0.3, -0.25) is 9.78 Å². The van der Waals surface area contributed by atoms with E-state index in [1.54, 1.807) is 30.5 Å². The van der Waals surface area contributed by atoms with E-state index >= 15 is 0 Å². The van der Waals surface area contributed by atoms with Gasteiger partial charge in [-0.15, -0.1) is 0 Å². The van der Waals surface area contributed by atoms with E-state index < -0.39 is 9.84 Å². The number of aryl methyl sites for hydroxylation is 1. The first-order valence-electron chi connectivity index (χ1n) is 10.4. The summed E-state index contributed by atoms with van der Waals surface area (Å²) in [6, 6.07) is 11.6. The summed E-state index contributed by atoms with van der Waals surface area (Å²) in [6.45, 7) is 6.10. The predicted octanol–water partition coefficient (Wildman–Crippen LogP) is 6.37. The number of ether oxygens (including phenoxy) is 1. The molecule has 0 amide bonds. The highest BCUT2D eigenvalue weighted by molar-refractivity contribution is 7.90. The molecule has 0 bridgehead atoms. The Morgan fingerprint density at radius 3 is 2.33 bits per heavy atom. The monoisotopic (exact) mass is 505 g/mol. The third-order valence-corrected chi connectivity index (χ3v) is 7.05. The first-order chi connectivity index (χ1) is 15.5. The Morgan fingerprint density at radius 2 is 1.73 bits per heavy atom. The average Bonchev–Trinajstić information content (AvgIpc) is 2.74. The van der Waals surface area contributed by atoms with Crippen molar-refractivity contribution in [3.05, 3.63) is 81.1 Å². The van der Waals surface area contributed by atoms with Gasteiger partial charge < -0.3 is 4.74 Å². The second-order valence-corrected chi connectivity index (χ2v) is 11.1. The lowest BCUT2D eigenvalue weighted by molar-refractivity contribution is -0.117. The second-order valence-electron chi connectivity index (χ2n) is 8.26. The van der Waals surface area contributed by atoms with Gasteiger partial charge in [-0.25, -0.2) is 8.42 Å². The number of hydrogen-bond donors (Lipinski definition) is 0. The van der Waals surface area contributed by atoms with Gasteiger partial charge in [0.05, 0.1) is 21.1 Å². The fourth-order valence-electron chi connectivity index (χ4n) is 3.45. The summed E-state index contributed by atoms with van der Waals surface area (Å²) in [7, 11) is -3.28. The van der Waals surface area contributed by atoms with Crippen LogP contribution in [0.3, 0.4) is 0 Å². The van der Waals surface area contributed by atoms with Crippen molar-refractivity contribution < 1.29 is 17.9 Å². The van der Waals surface area contributed by atoms with E-state index in [0.29, 0.717) is 16.3 Å². The molecule has 5 nitrogen and oxygen atoms in total. The van der Waals surface area contributed by atoms with Crippen molar-refractivity contribution in [1.29, 1.82) is 0 Å². The van der Waals surface area contributed by atoms with Crippen LogP contribution < -0.4 is 4.74 Å². The van der Waals surface area contributed by atoms with E-state index in [0.717, 1.165) is 23.1 Å². The maximum atomic E-state index is 12.7. The summed E-state index contributed by atoms with van der Waals surface area (Å²) in [5, 5.41) is 0.606. The van der Waals surface area contributed by atoms with Crippen LogP contribution in [0.15, 0.2) is 53.6 Å². The quantitative estimate of drug-likeness (QED) is 0.355. The van der Waals surface area contributed by atoms with E-state index in [2.05, 4.69) is 18.8 Å². The molecule has 0 atom stereocenters. The smallest absolute Gasteiger partial charge is 0.175 e. The molecule has 3 rings (SSSR count). The highest BCUT2D eigenvalue weighted by Gasteiger charge is 2.17. The largest absolute Gasteiger partial charge is 0.453 e. The van der Waals surface area contributed by atoms with Crippen molar-refractivity contribution in [2.24, 2.45) is 0 Å². The number of halogens is 2. The molecule has 8 heteroatoms. The Kier molecular flexibility index (Phi) is 7.83. The van der Waals surface area contributed by atoms with E-state index in [1.807, 2.05) is 13.0 Å². The zero-order valence-corrected chi connectivity index (χ0v) is 21.2. The van der Waals surface area contributed by atoms with Crippen LogP contribution in [-0.4, -0.2) is 25.4 Å². The van der Waals surface area contributed by atoms with Crippen molar-refractivity contribution in [3.63, 3.8) is 0 Å². The van der Waals surface area contributed by atoms with Gasteiger partial charge in [0.25, 0.3) is 0 Å². The summed E-state index contributed by atoms with van der Waals surface area (Å²) in [5.41, 5.74) is 3.31. The lowest BCUT2D eigenvalue weighted by Crippen LogP contribution is -2.08. The lowest BCUT2D eigenvalue weighted by Gasteiger charge is -2.15. The van der Waals surface area contributed by atoms with Crippen LogP contribution in [0.25, 0.3) is 0 Å². The average molecular weight is 506 g/mol. The zero-order valence-electron chi connectivity index (χ0n) is 18.9. The third kappa shape index (κ3) is 6.34. The van der Waals surface area contributed by atoms with Crippen LogP contribution in [0.1, 0.15) is 42.1 Å². The standard InChI is InChI=1S/C25H25Cl2NO4S/c1-15(2)22-13-20(14-28-16(22)3)32-25-23(26)10-7-18(24(25)27)12-19(29)11-17-5-8-21(9-6-17)33(4,30)31/h5-10,13-15H,11-12H2,1-4H3. The Bertz CT molecular complexity index is 1290. The molecule has 0 fully saturated rings. The van der Waals surface area contributed by atoms with Crippen molar-refractivity contribution >= 4 is 38.8 Å². The molecule has 0 spiro atoms. The Balaban J connectivity index is 1.78. The first kappa shape index (κ1) is 25.2. The number of Topliss-reactive ketones (excluding diaryl/α,β-unsaturated/α-hetero) is 1. The van der Waals surface area contributed by atoms with Crippen LogP contribution in [0, 0.1) is 6.92 Å². The maximum Gasteiger partial charge on any atom is 0.175 e. The number of hydrogen-bond acceptors (Lipinski definition) is 5. The minimum Gasteiger partial charge on any atom is -0.453 e. The van der Waals surface area contributed by atoms with Crippen LogP contribution in [0.2, 0.25) is 10.0 Å². The van der Waals surface area contributed by atoms with Gasteiger partial charge >= 0.3 is 0 Å². The molecular formula is C25H25Cl2NO4S. The second kappa shape index (κ2) is 10.2. The molecule has 0 radical (unpaired) electrons. The van der Waals surface area contributed by atoms with Gasteiger partial charge in [-0.1, -0.05) is 55.2 Å². The predicted molar refractivity (Wildman–Crippen MR) is 132 cm³/mol. The normalized spacial score (nSPS) is 11.6. The van der Waals surface area contributed by atoms with E-state index in [9.17, 15) is 13.2 Å². The van der Waals surface area contributed by atoms with Crippen LogP contribution in [-0.2, 0) is 27.5 Å². The van der Waals surface area contributed by atoms with Crippen molar-refractivity contribution in [2.45, 2.75) is 44.4 Å². The third-order valence-electron chi connectivity index (χ3n) is 5.21. The fourth-order valence-corrected chi connectivity index (χ4v) is 4.59. The molecule has 0 saturated carbocycles. The number of pyridine rings is 1. The Hall–Kier alpha value is -2.41. The summed E-state index contributed by atoms with van der Waals surface area (Å²) in [6.07, 6.45) is 3.00. The molecule has 0 aliphatic rings. The number of rotatable bonds is 8. The van der Waals surface area contributed by atoms with Crippen LogP contribution in [0.4, 0.5) is 0 Å². The van der Waals surface area contributed by atoms with Crippen molar-refractivity contribution in [1.82, 2.24) is 4.98 Å². The Labute approximate surface area is 204 Å². The molecule has 174 valence electrons. The van der Waals surface area contributed by atoms with Crippen LogP contribution in [0.5, 0.6) is 11.5 Å². The zero-order chi connectivity index (χ0) is 24.3.